The molecule has 0 unspecified atom stereocenters. The van der Waals surface area contributed by atoms with Crippen LogP contribution in [0, 0.1) is 0 Å². The van der Waals surface area contributed by atoms with Gasteiger partial charge in [0.15, 0.2) is 0 Å². The minimum absolute atomic E-state index is 0.279. The summed E-state index contributed by atoms with van der Waals surface area (Å²) in [6.45, 7) is 2.93. The zero-order valence-electron chi connectivity index (χ0n) is 7.99. The third-order valence-electron chi connectivity index (χ3n) is 1.85. The lowest BCUT2D eigenvalue weighted by Gasteiger charge is -2.04. The van der Waals surface area contributed by atoms with Gasteiger partial charge in [0.25, 0.3) is 0 Å². The molecule has 0 fully saturated rings. The molecular weight excluding hydrogens is 164 g/mol. The first-order valence-corrected chi connectivity index (χ1v) is 4.74. The molecule has 0 saturated heterocycles. The molecule has 0 amide bonds. The van der Waals surface area contributed by atoms with E-state index in [1.807, 2.05) is 0 Å². The van der Waals surface area contributed by atoms with Gasteiger partial charge in [-0.3, -0.25) is 0 Å². The van der Waals surface area contributed by atoms with Crippen molar-refractivity contribution in [2.75, 3.05) is 6.61 Å². The number of hydrogen-bond acceptors (Lipinski definition) is 2. The highest BCUT2D eigenvalue weighted by molar-refractivity contribution is 5.29. The Balaban J connectivity index is 2.25. The van der Waals surface area contributed by atoms with Crippen molar-refractivity contribution < 1.29 is 9.84 Å². The lowest BCUT2D eigenvalue weighted by Crippen LogP contribution is -1.96. The van der Waals surface area contributed by atoms with Gasteiger partial charge in [-0.2, -0.15) is 0 Å². The van der Waals surface area contributed by atoms with E-state index in [0.717, 1.165) is 18.8 Å². The number of unbranched alkanes of at least 4 members (excludes halogenated alkanes) is 2. The van der Waals surface area contributed by atoms with E-state index in [1.54, 1.807) is 24.3 Å². The fourth-order valence-electron chi connectivity index (χ4n) is 1.08. The third-order valence-corrected chi connectivity index (χ3v) is 1.85. The molecule has 0 aromatic heterocycles. The van der Waals surface area contributed by atoms with Crippen molar-refractivity contribution in [1.82, 2.24) is 0 Å². The fraction of sp³-hybridized carbons (Fsp3) is 0.455. The number of phenols is 1. The zero-order chi connectivity index (χ0) is 9.52. The van der Waals surface area contributed by atoms with Crippen molar-refractivity contribution in [3.05, 3.63) is 24.3 Å². The smallest absolute Gasteiger partial charge is 0.119 e. The molecule has 1 N–H and O–H groups in total. The predicted octanol–water partition coefficient (Wildman–Crippen LogP) is 2.96. The Morgan fingerprint density at radius 2 is 1.85 bits per heavy atom. The minimum atomic E-state index is 0.279. The lowest BCUT2D eigenvalue weighted by atomic mass is 10.3. The molecule has 0 spiro atoms. The SMILES string of the molecule is CCCCCOc1ccc(O)cc1. The Morgan fingerprint density at radius 3 is 2.46 bits per heavy atom. The average molecular weight is 180 g/mol. The summed E-state index contributed by atoms with van der Waals surface area (Å²) in [5.74, 6) is 1.11. The maximum Gasteiger partial charge on any atom is 0.119 e. The van der Waals surface area contributed by atoms with Gasteiger partial charge in [-0.05, 0) is 30.7 Å². The monoisotopic (exact) mass is 180 g/mol. The zero-order valence-corrected chi connectivity index (χ0v) is 7.99. The first kappa shape index (κ1) is 9.90. The number of hydrogen-bond donors (Lipinski definition) is 1. The molecule has 0 aliphatic carbocycles. The summed E-state index contributed by atoms with van der Waals surface area (Å²) in [5.41, 5.74) is 0. The topological polar surface area (TPSA) is 29.5 Å². The van der Waals surface area contributed by atoms with Gasteiger partial charge in [-0.1, -0.05) is 19.8 Å². The van der Waals surface area contributed by atoms with Crippen LogP contribution in [-0.2, 0) is 0 Å². The number of phenolic OH excluding ortho intramolecular Hbond substituents is 1. The second-order valence-electron chi connectivity index (χ2n) is 3.05. The van der Waals surface area contributed by atoms with Gasteiger partial charge in [0.1, 0.15) is 11.5 Å². The molecular formula is C11H16O2. The van der Waals surface area contributed by atoms with E-state index in [-0.39, 0.29) is 5.75 Å². The second kappa shape index (κ2) is 5.46. The number of ether oxygens (including phenoxy) is 1. The summed E-state index contributed by atoms with van der Waals surface area (Å²) < 4.78 is 5.45. The molecule has 2 heteroatoms. The van der Waals surface area contributed by atoms with Gasteiger partial charge >= 0.3 is 0 Å². The molecule has 0 heterocycles. The summed E-state index contributed by atoms with van der Waals surface area (Å²) in [5, 5.41) is 9.01. The fourth-order valence-corrected chi connectivity index (χ4v) is 1.08. The van der Waals surface area contributed by atoms with Crippen molar-refractivity contribution in [3.8, 4) is 11.5 Å². The van der Waals surface area contributed by atoms with Crippen LogP contribution in [0.25, 0.3) is 0 Å². The minimum Gasteiger partial charge on any atom is -0.508 e. The Bertz CT molecular complexity index is 228. The van der Waals surface area contributed by atoms with Crippen molar-refractivity contribution >= 4 is 0 Å². The lowest BCUT2D eigenvalue weighted by molar-refractivity contribution is 0.306. The van der Waals surface area contributed by atoms with E-state index < -0.39 is 0 Å². The van der Waals surface area contributed by atoms with Crippen LogP contribution in [0.3, 0.4) is 0 Å². The molecule has 1 rings (SSSR count). The molecule has 2 nitrogen and oxygen atoms in total. The van der Waals surface area contributed by atoms with Crippen molar-refractivity contribution in [2.24, 2.45) is 0 Å². The molecule has 0 atom stereocenters. The molecule has 72 valence electrons. The van der Waals surface area contributed by atoms with E-state index in [2.05, 4.69) is 6.92 Å². The Kier molecular flexibility index (Phi) is 4.16. The summed E-state index contributed by atoms with van der Waals surface area (Å²) in [7, 11) is 0. The standard InChI is InChI=1S/C11H16O2/c1-2-3-4-9-13-11-7-5-10(12)6-8-11/h5-8,12H,2-4,9H2,1H3. The van der Waals surface area contributed by atoms with Crippen LogP contribution in [0.5, 0.6) is 11.5 Å². The molecule has 0 saturated carbocycles. The molecule has 13 heavy (non-hydrogen) atoms. The van der Waals surface area contributed by atoms with Crippen LogP contribution in [0.1, 0.15) is 26.2 Å². The molecule has 0 radical (unpaired) electrons. The van der Waals surface area contributed by atoms with Crippen LogP contribution >= 0.6 is 0 Å². The van der Waals surface area contributed by atoms with Gasteiger partial charge < -0.3 is 9.84 Å². The summed E-state index contributed by atoms with van der Waals surface area (Å²) >= 11 is 0. The van der Waals surface area contributed by atoms with Crippen LogP contribution in [0.15, 0.2) is 24.3 Å². The Morgan fingerprint density at radius 1 is 1.15 bits per heavy atom. The van der Waals surface area contributed by atoms with Crippen molar-refractivity contribution in [2.45, 2.75) is 26.2 Å². The molecule has 0 aliphatic heterocycles. The molecule has 0 bridgehead atoms. The van der Waals surface area contributed by atoms with Crippen LogP contribution in [0.2, 0.25) is 0 Å². The summed E-state index contributed by atoms with van der Waals surface area (Å²) in [6.07, 6.45) is 3.51. The van der Waals surface area contributed by atoms with E-state index in [0.29, 0.717) is 0 Å². The maximum atomic E-state index is 9.01. The highest BCUT2D eigenvalue weighted by atomic mass is 16.5. The van der Waals surface area contributed by atoms with Crippen LogP contribution in [0.4, 0.5) is 0 Å². The van der Waals surface area contributed by atoms with Gasteiger partial charge in [0.2, 0.25) is 0 Å². The second-order valence-corrected chi connectivity index (χ2v) is 3.05. The van der Waals surface area contributed by atoms with Gasteiger partial charge in [0.05, 0.1) is 6.61 Å². The Hall–Kier alpha value is -1.18. The maximum absolute atomic E-state index is 9.01. The highest BCUT2D eigenvalue weighted by Gasteiger charge is 1.92. The normalized spacial score (nSPS) is 9.92. The third kappa shape index (κ3) is 3.83. The predicted molar refractivity (Wildman–Crippen MR) is 53.1 cm³/mol. The summed E-state index contributed by atoms with van der Waals surface area (Å²) in [6, 6.07) is 6.83. The molecule has 1 aromatic rings. The summed E-state index contributed by atoms with van der Waals surface area (Å²) in [4.78, 5) is 0. The molecule has 1 aromatic carbocycles. The highest BCUT2D eigenvalue weighted by Crippen LogP contribution is 2.16. The van der Waals surface area contributed by atoms with E-state index in [4.69, 9.17) is 9.84 Å². The number of benzene rings is 1. The van der Waals surface area contributed by atoms with Crippen LogP contribution < -0.4 is 4.74 Å². The largest absolute Gasteiger partial charge is 0.508 e. The number of rotatable bonds is 5. The molecule has 0 aliphatic rings. The van der Waals surface area contributed by atoms with Crippen molar-refractivity contribution in [1.29, 1.82) is 0 Å². The van der Waals surface area contributed by atoms with Gasteiger partial charge in [0, 0.05) is 0 Å². The van der Waals surface area contributed by atoms with E-state index in [1.165, 1.54) is 12.8 Å². The van der Waals surface area contributed by atoms with Crippen LogP contribution in [-0.4, -0.2) is 11.7 Å². The quantitative estimate of drug-likeness (QED) is 0.706. The van der Waals surface area contributed by atoms with Gasteiger partial charge in [-0.15, -0.1) is 0 Å². The average Bonchev–Trinajstić information content (AvgIpc) is 2.15. The van der Waals surface area contributed by atoms with Crippen molar-refractivity contribution in [3.63, 3.8) is 0 Å². The van der Waals surface area contributed by atoms with E-state index >= 15 is 0 Å². The Labute approximate surface area is 79.2 Å². The number of aromatic hydroxyl groups is 1. The van der Waals surface area contributed by atoms with E-state index in [9.17, 15) is 0 Å². The van der Waals surface area contributed by atoms with Gasteiger partial charge in [-0.25, -0.2) is 0 Å². The first-order chi connectivity index (χ1) is 6.33. The first-order valence-electron chi connectivity index (χ1n) is 4.74.